The van der Waals surface area contributed by atoms with E-state index in [9.17, 15) is 8.42 Å². The van der Waals surface area contributed by atoms with Crippen LogP contribution < -0.4 is 0 Å². The second kappa shape index (κ2) is 3.66. The highest BCUT2D eigenvalue weighted by molar-refractivity contribution is 9.09. The van der Waals surface area contributed by atoms with E-state index in [0.717, 1.165) is 0 Å². The summed E-state index contributed by atoms with van der Waals surface area (Å²) in [7, 11) is 0.897. The Morgan fingerprint density at radius 2 is 2.12 bits per heavy atom. The Morgan fingerprint density at radius 1 is 1.62 bits per heavy atom. The maximum atomic E-state index is 9.91. The van der Waals surface area contributed by atoms with E-state index in [0.29, 0.717) is 5.33 Å². The molecule has 0 fully saturated rings. The van der Waals surface area contributed by atoms with Gasteiger partial charge in [-0.3, -0.25) is 4.18 Å². The van der Waals surface area contributed by atoms with Crippen molar-refractivity contribution in [3.05, 3.63) is 0 Å². The Labute approximate surface area is 60.7 Å². The first-order valence-corrected chi connectivity index (χ1v) is 5.07. The third kappa shape index (κ3) is 6.68. The van der Waals surface area contributed by atoms with Crippen molar-refractivity contribution in [2.75, 3.05) is 11.9 Å². The lowest BCUT2D eigenvalue weighted by Gasteiger charge is -1.90. The predicted octanol–water partition coefficient (Wildman–Crippen LogP) is 0.882. The first-order chi connectivity index (χ1) is 3.56. The van der Waals surface area contributed by atoms with E-state index >= 15 is 0 Å². The average Bonchev–Trinajstić information content (AvgIpc) is 1.59. The van der Waals surface area contributed by atoms with Gasteiger partial charge in [-0.15, -0.1) is 0 Å². The predicted molar refractivity (Wildman–Crippen MR) is 34.5 cm³/mol. The first kappa shape index (κ1) is 8.68. The summed E-state index contributed by atoms with van der Waals surface area (Å²) in [6, 6.07) is 0. The van der Waals surface area contributed by atoms with Gasteiger partial charge in [0.05, 0.1) is 6.61 Å². The zero-order valence-corrected chi connectivity index (χ0v) is 6.96. The largest absolute Gasteiger partial charge is 0.355 e. The molecule has 50 valence electrons. The first-order valence-electron chi connectivity index (χ1n) is 1.71. The summed E-state index contributed by atoms with van der Waals surface area (Å²) in [5, 5.41) is 0.457. The summed E-state index contributed by atoms with van der Waals surface area (Å²) in [4.78, 5) is 0. The number of hydrogen-bond donors (Lipinski definition) is 0. The average molecular weight is 223 g/mol. The molecule has 8 heavy (non-hydrogen) atoms. The molecule has 0 spiro atoms. The van der Waals surface area contributed by atoms with Gasteiger partial charge in [-0.25, -0.2) is 0 Å². The standard InChI is InChI=1S/C2H4BrClO3S/c3-1-2-7-8(4,5)6/h1-2H2. The van der Waals surface area contributed by atoms with Crippen molar-refractivity contribution in [1.82, 2.24) is 0 Å². The van der Waals surface area contributed by atoms with Crippen LogP contribution in [0.5, 0.6) is 0 Å². The molecule has 0 saturated heterocycles. The van der Waals surface area contributed by atoms with Crippen LogP contribution in [0.1, 0.15) is 0 Å². The summed E-state index contributed by atoms with van der Waals surface area (Å²) < 4.78 is 23.9. The second-order valence-corrected chi connectivity index (χ2v) is 3.85. The molecule has 3 nitrogen and oxygen atoms in total. The molecule has 0 N–H and O–H groups in total. The van der Waals surface area contributed by atoms with Gasteiger partial charge >= 0.3 is 9.33 Å². The highest BCUT2D eigenvalue weighted by Gasteiger charge is 2.01. The van der Waals surface area contributed by atoms with Crippen molar-refractivity contribution >= 4 is 35.9 Å². The van der Waals surface area contributed by atoms with Crippen LogP contribution in [0.15, 0.2) is 0 Å². The Morgan fingerprint density at radius 3 is 2.25 bits per heavy atom. The lowest BCUT2D eigenvalue weighted by molar-refractivity contribution is 0.353. The highest BCUT2D eigenvalue weighted by Crippen LogP contribution is 1.97. The smallest absolute Gasteiger partial charge is 0.257 e. The van der Waals surface area contributed by atoms with E-state index in [1.54, 1.807) is 0 Å². The zero-order chi connectivity index (χ0) is 6.62. The monoisotopic (exact) mass is 222 g/mol. The molecule has 0 aromatic rings. The molecule has 6 heteroatoms. The number of halogens is 2. The zero-order valence-electron chi connectivity index (χ0n) is 3.80. The molecule has 0 rings (SSSR count). The molecule has 0 heterocycles. The second-order valence-electron chi connectivity index (χ2n) is 0.904. The van der Waals surface area contributed by atoms with Crippen molar-refractivity contribution in [3.63, 3.8) is 0 Å². The lowest BCUT2D eigenvalue weighted by atomic mass is 10.9. The number of alkyl halides is 1. The van der Waals surface area contributed by atoms with E-state index in [-0.39, 0.29) is 6.61 Å². The molecule has 0 aromatic carbocycles. The van der Waals surface area contributed by atoms with Gasteiger partial charge in [0.25, 0.3) is 0 Å². The van der Waals surface area contributed by atoms with Gasteiger partial charge in [0.15, 0.2) is 0 Å². The summed E-state index contributed by atoms with van der Waals surface area (Å²) in [5.41, 5.74) is 0. The van der Waals surface area contributed by atoms with Crippen LogP contribution in [0.25, 0.3) is 0 Å². The fourth-order valence-corrected chi connectivity index (χ4v) is 0.979. The van der Waals surface area contributed by atoms with Crippen LogP contribution in [0.3, 0.4) is 0 Å². The number of hydrogen-bond acceptors (Lipinski definition) is 3. The van der Waals surface area contributed by atoms with Crippen LogP contribution >= 0.6 is 26.6 Å². The van der Waals surface area contributed by atoms with Crippen LogP contribution in [0.2, 0.25) is 0 Å². The third-order valence-electron chi connectivity index (χ3n) is 0.301. The van der Waals surface area contributed by atoms with E-state index in [1.807, 2.05) is 0 Å². The molecule has 0 saturated carbocycles. The van der Waals surface area contributed by atoms with Gasteiger partial charge in [-0.05, 0) is 0 Å². The normalized spacial score (nSPS) is 11.8. The summed E-state index contributed by atoms with van der Waals surface area (Å²) in [6.07, 6.45) is 0. The minimum absolute atomic E-state index is 0.0752. The lowest BCUT2D eigenvalue weighted by Crippen LogP contribution is -1.99. The topological polar surface area (TPSA) is 43.4 Å². The SMILES string of the molecule is O=S(=O)(Cl)OCCBr. The van der Waals surface area contributed by atoms with Gasteiger partial charge in [-0.1, -0.05) is 15.9 Å². The molecular weight excluding hydrogens is 219 g/mol. The molecule has 0 aliphatic carbocycles. The van der Waals surface area contributed by atoms with Gasteiger partial charge in [0.1, 0.15) is 0 Å². The van der Waals surface area contributed by atoms with Crippen LogP contribution in [0, 0.1) is 0 Å². The van der Waals surface area contributed by atoms with Crippen LogP contribution in [-0.2, 0) is 13.5 Å². The molecular formula is C2H4BrClO3S. The quantitative estimate of drug-likeness (QED) is 0.527. The van der Waals surface area contributed by atoms with E-state index in [1.165, 1.54) is 0 Å². The molecule has 0 aliphatic heterocycles. The van der Waals surface area contributed by atoms with E-state index < -0.39 is 9.33 Å². The molecule has 0 amide bonds. The van der Waals surface area contributed by atoms with Gasteiger partial charge in [0.2, 0.25) is 0 Å². The Balaban J connectivity index is 3.42. The summed E-state index contributed by atoms with van der Waals surface area (Å²) in [5.74, 6) is 0. The van der Waals surface area contributed by atoms with E-state index in [2.05, 4.69) is 30.8 Å². The van der Waals surface area contributed by atoms with Crippen LogP contribution in [-0.4, -0.2) is 20.4 Å². The van der Waals surface area contributed by atoms with E-state index in [4.69, 9.17) is 0 Å². The molecule has 0 unspecified atom stereocenters. The van der Waals surface area contributed by atoms with Crippen molar-refractivity contribution in [2.24, 2.45) is 0 Å². The molecule has 0 atom stereocenters. The molecule has 0 radical (unpaired) electrons. The van der Waals surface area contributed by atoms with Crippen molar-refractivity contribution in [1.29, 1.82) is 0 Å². The summed E-state index contributed by atoms with van der Waals surface area (Å²) >= 11 is 2.95. The maximum Gasteiger partial charge on any atom is 0.355 e. The Kier molecular flexibility index (Phi) is 3.97. The highest BCUT2D eigenvalue weighted by atomic mass is 79.9. The van der Waals surface area contributed by atoms with Gasteiger partial charge in [0, 0.05) is 16.0 Å². The fourth-order valence-electron chi connectivity index (χ4n) is 0.131. The summed E-state index contributed by atoms with van der Waals surface area (Å²) in [6.45, 7) is 0.0752. The van der Waals surface area contributed by atoms with Crippen molar-refractivity contribution < 1.29 is 12.6 Å². The van der Waals surface area contributed by atoms with Gasteiger partial charge < -0.3 is 0 Å². The maximum absolute atomic E-state index is 9.91. The third-order valence-corrected chi connectivity index (χ3v) is 1.34. The molecule has 0 aromatic heterocycles. The fraction of sp³-hybridized carbons (Fsp3) is 1.00. The van der Waals surface area contributed by atoms with Crippen molar-refractivity contribution in [3.8, 4) is 0 Å². The Hall–Kier alpha value is 0.680. The van der Waals surface area contributed by atoms with Crippen molar-refractivity contribution in [2.45, 2.75) is 0 Å². The van der Waals surface area contributed by atoms with Crippen LogP contribution in [0.4, 0.5) is 0 Å². The van der Waals surface area contributed by atoms with Gasteiger partial charge in [-0.2, -0.15) is 8.42 Å². The minimum Gasteiger partial charge on any atom is -0.257 e. The molecule has 0 aliphatic rings. The minimum atomic E-state index is -3.74. The Bertz CT molecular complexity index is 141. The number of rotatable bonds is 3. The molecule has 0 bridgehead atoms.